The Morgan fingerprint density at radius 2 is 1.75 bits per heavy atom. The number of hydrogen-bond acceptors (Lipinski definition) is 4. The van der Waals surface area contributed by atoms with Crippen LogP contribution in [-0.2, 0) is 9.59 Å². The average molecular weight is 372 g/mol. The predicted octanol–water partition coefficient (Wildman–Crippen LogP) is 3.60. The van der Waals surface area contributed by atoms with Crippen molar-refractivity contribution in [2.24, 2.45) is 0 Å². The molecular weight excluding hydrogens is 352 g/mol. The molecule has 0 bridgehead atoms. The van der Waals surface area contributed by atoms with Gasteiger partial charge in [0.2, 0.25) is 6.41 Å². The molecule has 0 saturated heterocycles. The van der Waals surface area contributed by atoms with Crippen LogP contribution in [0.2, 0.25) is 0 Å². The summed E-state index contributed by atoms with van der Waals surface area (Å²) in [6.45, 7) is 1.94. The molecule has 0 unspecified atom stereocenters. The van der Waals surface area contributed by atoms with E-state index in [9.17, 15) is 14.7 Å². The van der Waals surface area contributed by atoms with E-state index in [1.807, 2.05) is 49.4 Å². The van der Waals surface area contributed by atoms with Crippen LogP contribution in [0.1, 0.15) is 18.1 Å². The van der Waals surface area contributed by atoms with Crippen LogP contribution in [0.25, 0.3) is 11.1 Å². The van der Waals surface area contributed by atoms with Gasteiger partial charge in [-0.1, -0.05) is 42.5 Å². The van der Waals surface area contributed by atoms with E-state index in [2.05, 4.69) is 5.32 Å². The third kappa shape index (κ3) is 4.27. The number of anilines is 1. The summed E-state index contributed by atoms with van der Waals surface area (Å²) in [7, 11) is 0. The van der Waals surface area contributed by atoms with Crippen molar-refractivity contribution >= 4 is 29.2 Å². The van der Waals surface area contributed by atoms with Crippen molar-refractivity contribution in [1.29, 1.82) is 0 Å². The van der Waals surface area contributed by atoms with E-state index in [0.717, 1.165) is 16.7 Å². The Morgan fingerprint density at radius 3 is 2.46 bits per heavy atom. The molecule has 5 nitrogen and oxygen atoms in total. The second-order valence-corrected chi connectivity index (χ2v) is 6.42. The Hall–Kier alpha value is -3.86. The van der Waals surface area contributed by atoms with Gasteiger partial charge in [0.1, 0.15) is 5.75 Å². The van der Waals surface area contributed by atoms with E-state index < -0.39 is 5.91 Å². The second kappa shape index (κ2) is 8.22. The highest BCUT2D eigenvalue weighted by atomic mass is 16.3. The molecule has 0 spiro atoms. The van der Waals surface area contributed by atoms with Crippen LogP contribution < -0.4 is 11.1 Å². The van der Waals surface area contributed by atoms with E-state index in [1.54, 1.807) is 24.3 Å². The highest BCUT2D eigenvalue weighted by molar-refractivity contribution is 6.06. The fourth-order valence-electron chi connectivity index (χ4n) is 3.01. The molecule has 2 aromatic carbocycles. The SMILES string of the molecule is CC1=C/C(c2cc(O)ccc2N)=C/C(C(=O)NC=O)=C/C(c2ccccc2)=C\1. The second-order valence-electron chi connectivity index (χ2n) is 6.42. The molecule has 0 aliphatic heterocycles. The van der Waals surface area contributed by atoms with Crippen molar-refractivity contribution in [1.82, 2.24) is 5.32 Å². The molecule has 1 aliphatic carbocycles. The van der Waals surface area contributed by atoms with Crippen molar-refractivity contribution < 1.29 is 14.7 Å². The maximum Gasteiger partial charge on any atom is 0.257 e. The highest BCUT2D eigenvalue weighted by Crippen LogP contribution is 2.31. The van der Waals surface area contributed by atoms with Gasteiger partial charge in [-0.2, -0.15) is 0 Å². The number of carbonyl (C=O) groups is 2. The van der Waals surface area contributed by atoms with Gasteiger partial charge in [-0.05, 0) is 59.6 Å². The first kappa shape index (κ1) is 18.9. The van der Waals surface area contributed by atoms with Crippen LogP contribution >= 0.6 is 0 Å². The Bertz CT molecular complexity index is 1040. The van der Waals surface area contributed by atoms with E-state index in [-0.39, 0.29) is 5.75 Å². The molecule has 4 N–H and O–H groups in total. The Labute approximate surface area is 163 Å². The van der Waals surface area contributed by atoms with Crippen molar-refractivity contribution in [3.8, 4) is 5.75 Å². The first-order valence-electron chi connectivity index (χ1n) is 8.70. The van der Waals surface area contributed by atoms with Crippen molar-refractivity contribution in [2.45, 2.75) is 6.92 Å². The maximum atomic E-state index is 12.5. The summed E-state index contributed by atoms with van der Waals surface area (Å²) in [6.07, 6.45) is 7.57. The van der Waals surface area contributed by atoms with Crippen LogP contribution in [0.4, 0.5) is 5.69 Å². The number of hydrogen-bond donors (Lipinski definition) is 3. The van der Waals surface area contributed by atoms with E-state index in [0.29, 0.717) is 28.8 Å². The molecular formula is C23H20N2O3. The number of aromatic hydroxyl groups is 1. The largest absolute Gasteiger partial charge is 0.508 e. The van der Waals surface area contributed by atoms with Crippen LogP contribution in [-0.4, -0.2) is 17.4 Å². The van der Waals surface area contributed by atoms with Gasteiger partial charge in [0, 0.05) is 16.8 Å². The maximum absolute atomic E-state index is 12.5. The molecule has 0 heterocycles. The number of nitrogen functional groups attached to an aromatic ring is 1. The zero-order chi connectivity index (χ0) is 20.1. The zero-order valence-electron chi connectivity index (χ0n) is 15.3. The smallest absolute Gasteiger partial charge is 0.257 e. The molecule has 5 heteroatoms. The number of nitrogens with one attached hydrogen (secondary N) is 1. The van der Waals surface area contributed by atoms with Crippen LogP contribution in [0.15, 0.2) is 84.0 Å². The normalized spacial score (nSPS) is 21.3. The predicted molar refractivity (Wildman–Crippen MR) is 111 cm³/mol. The fraction of sp³-hybridized carbons (Fsp3) is 0.0435. The molecule has 3 rings (SSSR count). The lowest BCUT2D eigenvalue weighted by atomic mass is 9.93. The zero-order valence-corrected chi connectivity index (χ0v) is 15.3. The first-order chi connectivity index (χ1) is 13.5. The molecule has 2 amide bonds. The monoisotopic (exact) mass is 372 g/mol. The lowest BCUT2D eigenvalue weighted by molar-refractivity contribution is -0.122. The van der Waals surface area contributed by atoms with Gasteiger partial charge in [-0.3, -0.25) is 14.9 Å². The number of imide groups is 1. The average Bonchev–Trinajstić information content (AvgIpc) is 2.67. The van der Waals surface area contributed by atoms with Gasteiger partial charge < -0.3 is 10.8 Å². The molecule has 1 aliphatic rings. The topological polar surface area (TPSA) is 92.4 Å². The minimum Gasteiger partial charge on any atom is -0.508 e. The summed E-state index contributed by atoms with van der Waals surface area (Å²) >= 11 is 0. The lowest BCUT2D eigenvalue weighted by Crippen LogP contribution is -2.22. The fourth-order valence-corrected chi connectivity index (χ4v) is 3.01. The van der Waals surface area contributed by atoms with Crippen molar-refractivity contribution in [2.75, 3.05) is 5.73 Å². The minimum absolute atomic E-state index is 0.0709. The van der Waals surface area contributed by atoms with Gasteiger partial charge >= 0.3 is 0 Å². The third-order valence-corrected chi connectivity index (χ3v) is 4.30. The molecule has 140 valence electrons. The van der Waals surface area contributed by atoms with Crippen LogP contribution in [0.3, 0.4) is 0 Å². The highest BCUT2D eigenvalue weighted by Gasteiger charge is 2.14. The third-order valence-electron chi connectivity index (χ3n) is 4.30. The Morgan fingerprint density at radius 1 is 1.00 bits per heavy atom. The van der Waals surface area contributed by atoms with E-state index in [4.69, 9.17) is 5.73 Å². The van der Waals surface area contributed by atoms with E-state index in [1.165, 1.54) is 6.07 Å². The van der Waals surface area contributed by atoms with Crippen LogP contribution in [0.5, 0.6) is 5.75 Å². The van der Waals surface area contributed by atoms with Gasteiger partial charge in [-0.15, -0.1) is 0 Å². The van der Waals surface area contributed by atoms with Crippen LogP contribution in [0, 0.1) is 0 Å². The minimum atomic E-state index is -0.527. The molecule has 0 atom stereocenters. The number of rotatable bonds is 4. The summed E-state index contributed by atoms with van der Waals surface area (Å²) < 4.78 is 0. The standard InChI is InChI=1S/C23H20N2O3/c1-15-9-17(16-5-3-2-4-6-16)11-19(23(28)25-14-26)12-18(10-15)21-13-20(27)7-8-22(21)24/h2-14,27H,24H2,1H3,(H,25,26,28)/b15-9?,15-10-,17-9+,17-11?,18-10?,18-12-,19-11-,19-12?. The van der Waals surface area contributed by atoms with Crippen molar-refractivity contribution in [3.05, 3.63) is 95.1 Å². The van der Waals surface area contributed by atoms with Gasteiger partial charge in [0.05, 0.1) is 0 Å². The van der Waals surface area contributed by atoms with E-state index >= 15 is 0 Å². The number of amides is 2. The number of benzene rings is 2. The number of carbonyl (C=O) groups excluding carboxylic acids is 2. The van der Waals surface area contributed by atoms with Crippen molar-refractivity contribution in [3.63, 3.8) is 0 Å². The Balaban J connectivity index is 2.18. The summed E-state index contributed by atoms with van der Waals surface area (Å²) in [5.74, 6) is -0.456. The number of phenolic OH excluding ortho intramolecular Hbond substituents is 1. The molecule has 28 heavy (non-hydrogen) atoms. The number of phenols is 1. The van der Waals surface area contributed by atoms with Gasteiger partial charge in [-0.25, -0.2) is 0 Å². The lowest BCUT2D eigenvalue weighted by Gasteiger charge is -2.14. The molecule has 0 radical (unpaired) electrons. The number of allylic oxidation sites excluding steroid dienone is 6. The summed E-state index contributed by atoms with van der Waals surface area (Å²) in [4.78, 5) is 23.3. The van der Waals surface area contributed by atoms with Gasteiger partial charge in [0.15, 0.2) is 0 Å². The number of nitrogens with two attached hydrogens (primary N) is 1. The molecule has 2 aromatic rings. The molecule has 0 aromatic heterocycles. The quantitative estimate of drug-likeness (QED) is 0.434. The van der Waals surface area contributed by atoms with Gasteiger partial charge in [0.25, 0.3) is 5.91 Å². The summed E-state index contributed by atoms with van der Waals surface area (Å²) in [6, 6.07) is 14.3. The molecule has 0 fully saturated rings. The Kier molecular flexibility index (Phi) is 5.56. The molecule has 0 saturated carbocycles. The summed E-state index contributed by atoms with van der Waals surface area (Å²) in [5, 5.41) is 12.0. The summed E-state index contributed by atoms with van der Waals surface area (Å²) in [5.41, 5.74) is 10.8. The first-order valence-corrected chi connectivity index (χ1v) is 8.70.